The summed E-state index contributed by atoms with van der Waals surface area (Å²) in [5.41, 5.74) is -1.81. The van der Waals surface area contributed by atoms with E-state index in [2.05, 4.69) is 10.3 Å². The lowest BCUT2D eigenvalue weighted by Crippen LogP contribution is -2.58. The van der Waals surface area contributed by atoms with Gasteiger partial charge in [-0.2, -0.15) is 0 Å². The SMILES string of the molecule is O=C(CO[C@@H]1[C@@H](n2cc(-c3cc(F)c(F)c(F)c3)nn2)[C@@H](O)[C@@H](CO)O[C@@H]1[S@](=O)c1ccc(Cl)c(Cl)c1)N1CCS(=O)(=O)CC1. The molecule has 0 radical (unpaired) electrons. The topological polar surface area (TPSA) is 161 Å². The molecule has 0 bridgehead atoms. The first kappa shape index (κ1) is 33.7. The minimum absolute atomic E-state index is 0.0693. The molecule has 244 valence electrons. The molecule has 45 heavy (non-hydrogen) atoms. The molecule has 19 heteroatoms. The van der Waals surface area contributed by atoms with Crippen molar-refractivity contribution < 1.29 is 50.3 Å². The van der Waals surface area contributed by atoms with E-state index in [0.717, 1.165) is 10.9 Å². The monoisotopic (exact) mass is 712 g/mol. The van der Waals surface area contributed by atoms with Crippen LogP contribution >= 0.6 is 23.2 Å². The number of benzene rings is 2. The Morgan fingerprint density at radius 2 is 1.78 bits per heavy atom. The molecule has 1 aromatic heterocycles. The summed E-state index contributed by atoms with van der Waals surface area (Å²) in [6.07, 6.45) is -3.27. The van der Waals surface area contributed by atoms with Gasteiger partial charge in [-0.3, -0.25) is 9.00 Å². The van der Waals surface area contributed by atoms with Crippen molar-refractivity contribution in [2.75, 3.05) is 37.8 Å². The number of halogens is 5. The van der Waals surface area contributed by atoms with Gasteiger partial charge in [0, 0.05) is 23.5 Å². The zero-order valence-electron chi connectivity index (χ0n) is 22.9. The van der Waals surface area contributed by atoms with E-state index in [-0.39, 0.29) is 50.8 Å². The number of carbonyl (C=O) groups excluding carboxylic acids is 1. The van der Waals surface area contributed by atoms with Gasteiger partial charge >= 0.3 is 0 Å². The van der Waals surface area contributed by atoms with Gasteiger partial charge in [-0.05, 0) is 30.3 Å². The number of ether oxygens (including phenoxy) is 2. The highest BCUT2D eigenvalue weighted by atomic mass is 35.5. The Labute approximate surface area is 267 Å². The predicted molar refractivity (Wildman–Crippen MR) is 154 cm³/mol. The van der Waals surface area contributed by atoms with Gasteiger partial charge in [-0.1, -0.05) is 28.4 Å². The number of amides is 1. The second-order valence-corrected chi connectivity index (χ2v) is 14.9. The number of hydrogen-bond donors (Lipinski definition) is 2. The van der Waals surface area contributed by atoms with E-state index < -0.39 is 87.0 Å². The molecule has 0 unspecified atom stereocenters. The smallest absolute Gasteiger partial charge is 0.248 e. The Bertz CT molecular complexity index is 1700. The van der Waals surface area contributed by atoms with E-state index in [4.69, 9.17) is 32.7 Å². The van der Waals surface area contributed by atoms with Crippen molar-refractivity contribution in [3.05, 3.63) is 64.0 Å². The Morgan fingerprint density at radius 1 is 1.11 bits per heavy atom. The maximum atomic E-state index is 13.9. The van der Waals surface area contributed by atoms with Crippen molar-refractivity contribution in [3.8, 4) is 11.3 Å². The van der Waals surface area contributed by atoms with Gasteiger partial charge in [0.15, 0.2) is 32.7 Å². The number of rotatable bonds is 8. The summed E-state index contributed by atoms with van der Waals surface area (Å²) in [7, 11) is -5.43. The molecule has 2 N–H and O–H groups in total. The lowest BCUT2D eigenvalue weighted by Gasteiger charge is -2.43. The fourth-order valence-electron chi connectivity index (χ4n) is 4.93. The first-order chi connectivity index (χ1) is 21.3. The minimum Gasteiger partial charge on any atom is -0.394 e. The molecule has 5 rings (SSSR count). The Morgan fingerprint density at radius 3 is 2.40 bits per heavy atom. The number of carbonyl (C=O) groups is 1. The first-order valence-corrected chi connectivity index (χ1v) is 17.0. The summed E-state index contributed by atoms with van der Waals surface area (Å²) < 4.78 is 91.8. The van der Waals surface area contributed by atoms with Gasteiger partial charge in [0.2, 0.25) is 5.91 Å². The van der Waals surface area contributed by atoms with Crippen LogP contribution < -0.4 is 0 Å². The summed E-state index contributed by atoms with van der Waals surface area (Å²) in [5, 5.41) is 29.3. The van der Waals surface area contributed by atoms with E-state index in [1.807, 2.05) is 0 Å². The Kier molecular flexibility index (Phi) is 10.2. The van der Waals surface area contributed by atoms with Gasteiger partial charge in [-0.25, -0.2) is 26.3 Å². The van der Waals surface area contributed by atoms with Gasteiger partial charge in [0.25, 0.3) is 0 Å². The van der Waals surface area contributed by atoms with E-state index in [9.17, 15) is 40.8 Å². The first-order valence-electron chi connectivity index (χ1n) is 13.3. The number of aliphatic hydroxyl groups is 2. The van der Waals surface area contributed by atoms with Crippen molar-refractivity contribution >= 4 is 49.7 Å². The number of aromatic nitrogens is 3. The van der Waals surface area contributed by atoms with Crippen LogP contribution in [0.2, 0.25) is 10.0 Å². The van der Waals surface area contributed by atoms with Gasteiger partial charge in [0.1, 0.15) is 36.7 Å². The second-order valence-electron chi connectivity index (χ2n) is 10.2. The molecule has 0 saturated carbocycles. The summed E-state index contributed by atoms with van der Waals surface area (Å²) in [6, 6.07) is 4.14. The molecule has 3 aromatic rings. The van der Waals surface area contributed by atoms with Crippen LogP contribution in [-0.2, 0) is 34.9 Å². The summed E-state index contributed by atoms with van der Waals surface area (Å²) in [6.45, 7) is -1.55. The van der Waals surface area contributed by atoms with Crippen LogP contribution in [-0.4, -0.2) is 110 Å². The van der Waals surface area contributed by atoms with E-state index >= 15 is 0 Å². The van der Waals surface area contributed by atoms with Crippen LogP contribution in [0.4, 0.5) is 13.2 Å². The van der Waals surface area contributed by atoms with Crippen LogP contribution in [0, 0.1) is 17.5 Å². The third-order valence-electron chi connectivity index (χ3n) is 7.35. The van der Waals surface area contributed by atoms with Gasteiger partial charge in [-0.15, -0.1) is 5.10 Å². The highest BCUT2D eigenvalue weighted by Gasteiger charge is 2.50. The van der Waals surface area contributed by atoms with Crippen molar-refractivity contribution in [1.29, 1.82) is 0 Å². The maximum absolute atomic E-state index is 13.9. The summed E-state index contributed by atoms with van der Waals surface area (Å²) in [4.78, 5) is 14.4. The average Bonchev–Trinajstić information content (AvgIpc) is 3.49. The number of hydrogen-bond acceptors (Lipinski definition) is 10. The standard InChI is InChI=1S/C26H25Cl2F3N4O8S2/c27-15-2-1-14(9-16(15)28)44(39)26-25(42-12-21(37)34-3-5-45(40,41)6-4-34)23(24(38)20(11-36)43-26)35-10-19(32-33-35)13-7-17(29)22(31)18(30)8-13/h1-2,7-10,20,23-26,36,38H,3-6,11-12H2/t20-,23+,24+,25-,26-,44-/m1/s1. The van der Waals surface area contributed by atoms with Crippen LogP contribution in [0.25, 0.3) is 11.3 Å². The predicted octanol–water partition coefficient (Wildman–Crippen LogP) is 1.74. The number of nitrogens with zero attached hydrogens (tertiary/aromatic N) is 4. The molecular formula is C26H25Cl2F3N4O8S2. The van der Waals surface area contributed by atoms with E-state index in [1.165, 1.54) is 23.1 Å². The lowest BCUT2D eigenvalue weighted by molar-refractivity contribution is -0.196. The molecule has 2 fully saturated rings. The highest BCUT2D eigenvalue weighted by molar-refractivity contribution is 7.91. The van der Waals surface area contributed by atoms with Crippen molar-refractivity contribution in [2.45, 2.75) is 34.7 Å². The van der Waals surface area contributed by atoms with E-state index in [0.29, 0.717) is 12.1 Å². The Hall–Kier alpha value is -2.64. The third kappa shape index (κ3) is 7.20. The van der Waals surface area contributed by atoms with Crippen LogP contribution in [0.5, 0.6) is 0 Å². The van der Waals surface area contributed by atoms with Crippen LogP contribution in [0.3, 0.4) is 0 Å². The minimum atomic E-state index is -3.29. The van der Waals surface area contributed by atoms with Crippen molar-refractivity contribution in [3.63, 3.8) is 0 Å². The summed E-state index contributed by atoms with van der Waals surface area (Å²) in [5.74, 6) is -5.71. The largest absolute Gasteiger partial charge is 0.394 e. The van der Waals surface area contributed by atoms with Crippen molar-refractivity contribution in [2.24, 2.45) is 0 Å². The molecule has 3 heterocycles. The summed E-state index contributed by atoms with van der Waals surface area (Å²) >= 11 is 12.1. The number of aliphatic hydroxyl groups excluding tert-OH is 2. The zero-order chi connectivity index (χ0) is 32.6. The normalized spacial score (nSPS) is 25.7. The van der Waals surface area contributed by atoms with Gasteiger partial charge in [0.05, 0.1) is 45.2 Å². The molecule has 0 spiro atoms. The fraction of sp³-hybridized carbons (Fsp3) is 0.423. The molecule has 2 saturated heterocycles. The average molecular weight is 714 g/mol. The maximum Gasteiger partial charge on any atom is 0.248 e. The van der Waals surface area contributed by atoms with E-state index in [1.54, 1.807) is 0 Å². The molecule has 1 amide bonds. The molecule has 12 nitrogen and oxygen atoms in total. The quantitative estimate of drug-likeness (QED) is 0.329. The Balaban J connectivity index is 1.51. The van der Waals surface area contributed by atoms with Crippen molar-refractivity contribution in [1.82, 2.24) is 19.9 Å². The number of sulfone groups is 1. The lowest BCUT2D eigenvalue weighted by atomic mass is 9.97. The fourth-order valence-corrected chi connectivity index (χ4v) is 7.92. The highest BCUT2D eigenvalue weighted by Crippen LogP contribution is 2.37. The third-order valence-corrected chi connectivity index (χ3v) is 11.2. The molecule has 2 aromatic carbocycles. The second kappa shape index (κ2) is 13.6. The molecular weight excluding hydrogens is 688 g/mol. The zero-order valence-corrected chi connectivity index (χ0v) is 26.1. The molecule has 0 aliphatic carbocycles. The van der Waals surface area contributed by atoms with Crippen LogP contribution in [0.1, 0.15) is 6.04 Å². The molecule has 2 aliphatic heterocycles. The molecule has 2 aliphatic rings. The van der Waals surface area contributed by atoms with Crippen LogP contribution in [0.15, 0.2) is 41.4 Å². The molecule has 6 atom stereocenters. The van der Waals surface area contributed by atoms with Gasteiger partial charge < -0.3 is 24.6 Å².